The number of fused-ring (bicyclic) bond motifs is 1. The van der Waals surface area contributed by atoms with E-state index in [4.69, 9.17) is 0 Å². The van der Waals surface area contributed by atoms with Gasteiger partial charge in [0.1, 0.15) is 4.83 Å². The summed E-state index contributed by atoms with van der Waals surface area (Å²) in [5, 5.41) is 0.504. The highest BCUT2D eigenvalue weighted by atomic mass is 32.1. The molecule has 0 N–H and O–H groups in total. The van der Waals surface area contributed by atoms with Gasteiger partial charge in [0.15, 0.2) is 0 Å². The Morgan fingerprint density at radius 3 is 2.54 bits per heavy atom. The fraction of sp³-hybridized carbons (Fsp3) is 0.278. The molecule has 24 heavy (non-hydrogen) atoms. The van der Waals surface area contributed by atoms with Crippen molar-refractivity contribution in [1.82, 2.24) is 13.8 Å². The number of aryl methyl sites for hydroxylation is 1. The van der Waals surface area contributed by atoms with Crippen molar-refractivity contribution >= 4 is 27.7 Å². The molecule has 3 aromatic rings. The predicted octanol–water partition coefficient (Wildman–Crippen LogP) is 2.79. The minimum absolute atomic E-state index is 0.180. The first-order valence-corrected chi connectivity index (χ1v) is 8.55. The van der Waals surface area contributed by atoms with Crippen molar-refractivity contribution in [3.05, 3.63) is 64.1 Å². The second-order valence-corrected chi connectivity index (χ2v) is 6.93. The predicted molar refractivity (Wildman–Crippen MR) is 96.7 cm³/mol. The zero-order chi connectivity index (χ0) is 17.1. The van der Waals surface area contributed by atoms with Gasteiger partial charge in [-0.05, 0) is 55.3 Å². The Hall–Kier alpha value is -2.31. The molecule has 124 valence electrons. The fourth-order valence-corrected chi connectivity index (χ4v) is 3.47. The lowest BCUT2D eigenvalue weighted by molar-refractivity contribution is 0.0912. The van der Waals surface area contributed by atoms with E-state index in [2.05, 4.69) is 22.0 Å². The van der Waals surface area contributed by atoms with Crippen LogP contribution < -0.4 is 5.56 Å². The van der Waals surface area contributed by atoms with E-state index in [1.807, 2.05) is 26.2 Å². The van der Waals surface area contributed by atoms with Crippen LogP contribution in [0.1, 0.15) is 22.3 Å². The topological polar surface area (TPSA) is 55.2 Å². The summed E-state index contributed by atoms with van der Waals surface area (Å²) >= 11 is 1.11. The van der Waals surface area contributed by atoms with Gasteiger partial charge in [0.25, 0.3) is 5.56 Å². The van der Waals surface area contributed by atoms with Crippen molar-refractivity contribution in [1.29, 1.82) is 0 Å². The largest absolute Gasteiger partial charge is 0.305 e. The summed E-state index contributed by atoms with van der Waals surface area (Å²) in [6.07, 6.45) is 2.55. The van der Waals surface area contributed by atoms with Crippen LogP contribution in [0.15, 0.2) is 47.4 Å². The Bertz CT molecular complexity index is 910. The van der Waals surface area contributed by atoms with E-state index >= 15 is 0 Å². The van der Waals surface area contributed by atoms with Crippen molar-refractivity contribution in [2.75, 3.05) is 14.1 Å². The van der Waals surface area contributed by atoms with E-state index in [0.717, 1.165) is 23.6 Å². The number of carbonyl (C=O) groups excluding carboxylic acids is 1. The summed E-state index contributed by atoms with van der Waals surface area (Å²) in [5.74, 6) is -0.180. The molecule has 0 saturated carbocycles. The summed E-state index contributed by atoms with van der Waals surface area (Å²) < 4.78 is 1.22. The lowest BCUT2D eigenvalue weighted by atomic mass is 10.1. The second-order valence-electron chi connectivity index (χ2n) is 5.99. The summed E-state index contributed by atoms with van der Waals surface area (Å²) in [4.78, 5) is 31.4. The Labute approximate surface area is 144 Å². The SMILES string of the molecule is CN(C)Cc1ccc(CCC(=O)n2sc3ncccc3c2=O)cc1. The lowest BCUT2D eigenvalue weighted by Gasteiger charge is -2.10. The van der Waals surface area contributed by atoms with E-state index < -0.39 is 0 Å². The van der Waals surface area contributed by atoms with Crippen molar-refractivity contribution < 1.29 is 4.79 Å². The van der Waals surface area contributed by atoms with Gasteiger partial charge in [-0.3, -0.25) is 9.59 Å². The highest BCUT2D eigenvalue weighted by Crippen LogP contribution is 2.14. The number of carbonyl (C=O) groups is 1. The van der Waals surface area contributed by atoms with Gasteiger partial charge >= 0.3 is 0 Å². The van der Waals surface area contributed by atoms with E-state index in [1.165, 1.54) is 9.52 Å². The van der Waals surface area contributed by atoms with Gasteiger partial charge in [-0.25, -0.2) is 4.98 Å². The monoisotopic (exact) mass is 341 g/mol. The molecule has 5 nitrogen and oxygen atoms in total. The van der Waals surface area contributed by atoms with Crippen LogP contribution in [0.3, 0.4) is 0 Å². The van der Waals surface area contributed by atoms with Crippen LogP contribution in [0.2, 0.25) is 0 Å². The summed E-state index contributed by atoms with van der Waals surface area (Å²) in [7, 11) is 4.06. The minimum atomic E-state index is -0.269. The molecule has 0 spiro atoms. The molecular formula is C18H19N3O2S. The van der Waals surface area contributed by atoms with Crippen LogP contribution in [0.25, 0.3) is 10.2 Å². The van der Waals surface area contributed by atoms with E-state index in [0.29, 0.717) is 23.1 Å². The van der Waals surface area contributed by atoms with Crippen molar-refractivity contribution in [3.8, 4) is 0 Å². The molecule has 2 aromatic heterocycles. The molecule has 3 rings (SSSR count). The Morgan fingerprint density at radius 2 is 1.88 bits per heavy atom. The molecule has 0 aliphatic carbocycles. The van der Waals surface area contributed by atoms with E-state index in [1.54, 1.807) is 18.3 Å². The first-order chi connectivity index (χ1) is 11.5. The van der Waals surface area contributed by atoms with Crippen LogP contribution in [-0.4, -0.2) is 33.8 Å². The Morgan fingerprint density at radius 1 is 1.17 bits per heavy atom. The third kappa shape index (κ3) is 3.60. The van der Waals surface area contributed by atoms with Gasteiger partial charge in [0.2, 0.25) is 5.91 Å². The molecule has 0 amide bonds. The van der Waals surface area contributed by atoms with Crippen LogP contribution in [0.5, 0.6) is 0 Å². The smallest absolute Gasteiger partial charge is 0.277 e. The summed E-state index contributed by atoms with van der Waals surface area (Å²) in [6.45, 7) is 0.892. The molecule has 0 radical (unpaired) electrons. The average molecular weight is 341 g/mol. The molecule has 2 heterocycles. The molecule has 0 atom stereocenters. The maximum atomic E-state index is 12.4. The van der Waals surface area contributed by atoms with Gasteiger partial charge in [-0.1, -0.05) is 24.3 Å². The number of aromatic nitrogens is 2. The highest BCUT2D eigenvalue weighted by Gasteiger charge is 2.14. The number of benzene rings is 1. The zero-order valence-electron chi connectivity index (χ0n) is 13.7. The number of rotatable bonds is 5. The van der Waals surface area contributed by atoms with Gasteiger partial charge < -0.3 is 4.90 Å². The summed E-state index contributed by atoms with van der Waals surface area (Å²) in [5.41, 5.74) is 2.06. The van der Waals surface area contributed by atoms with E-state index in [9.17, 15) is 9.59 Å². The number of pyridine rings is 1. The van der Waals surface area contributed by atoms with Crippen molar-refractivity contribution in [2.45, 2.75) is 19.4 Å². The van der Waals surface area contributed by atoms with Gasteiger partial charge in [0.05, 0.1) is 5.39 Å². The normalized spacial score (nSPS) is 11.3. The third-order valence-corrected chi connectivity index (χ3v) is 4.79. The zero-order valence-corrected chi connectivity index (χ0v) is 14.5. The van der Waals surface area contributed by atoms with Gasteiger partial charge in [-0.15, -0.1) is 0 Å². The maximum absolute atomic E-state index is 12.4. The Kier molecular flexibility index (Phi) is 4.87. The first kappa shape index (κ1) is 16.5. The molecular weight excluding hydrogens is 322 g/mol. The summed E-state index contributed by atoms with van der Waals surface area (Å²) in [6, 6.07) is 11.7. The lowest BCUT2D eigenvalue weighted by Crippen LogP contribution is -2.21. The molecule has 0 saturated heterocycles. The molecule has 1 aromatic carbocycles. The highest BCUT2D eigenvalue weighted by molar-refractivity contribution is 7.14. The fourth-order valence-electron chi connectivity index (χ4n) is 2.56. The maximum Gasteiger partial charge on any atom is 0.277 e. The first-order valence-electron chi connectivity index (χ1n) is 7.77. The third-order valence-electron chi connectivity index (χ3n) is 3.74. The van der Waals surface area contributed by atoms with Crippen LogP contribution in [0, 0.1) is 0 Å². The standard InChI is InChI=1S/C18H19N3O2S/c1-20(2)12-14-7-5-13(6-8-14)9-10-16(22)21-18(23)15-4-3-11-19-17(15)24-21/h3-8,11H,9-10,12H2,1-2H3. The van der Waals surface area contributed by atoms with E-state index in [-0.39, 0.29) is 11.5 Å². The molecule has 0 unspecified atom stereocenters. The number of hydrogen-bond acceptors (Lipinski definition) is 5. The average Bonchev–Trinajstić information content (AvgIpc) is 2.91. The van der Waals surface area contributed by atoms with Gasteiger partial charge in [-0.2, -0.15) is 3.96 Å². The molecule has 0 fully saturated rings. The van der Waals surface area contributed by atoms with Crippen LogP contribution in [0.4, 0.5) is 0 Å². The van der Waals surface area contributed by atoms with Crippen molar-refractivity contribution in [2.24, 2.45) is 0 Å². The molecule has 6 heteroatoms. The minimum Gasteiger partial charge on any atom is -0.305 e. The van der Waals surface area contributed by atoms with Crippen molar-refractivity contribution in [3.63, 3.8) is 0 Å². The number of hydrogen-bond donors (Lipinski definition) is 0. The van der Waals surface area contributed by atoms with Crippen LogP contribution in [-0.2, 0) is 13.0 Å². The number of nitrogens with zero attached hydrogens (tertiary/aromatic N) is 3. The second kappa shape index (κ2) is 7.07. The van der Waals surface area contributed by atoms with Gasteiger partial charge in [0, 0.05) is 19.2 Å². The molecule has 0 aliphatic heterocycles. The quantitative estimate of drug-likeness (QED) is 0.716. The molecule has 0 aliphatic rings. The molecule has 0 bridgehead atoms. The Balaban J connectivity index is 1.68. The van der Waals surface area contributed by atoms with Crippen LogP contribution >= 0.6 is 11.5 Å².